The van der Waals surface area contributed by atoms with Crippen LogP contribution in [0.2, 0.25) is 0 Å². The van der Waals surface area contributed by atoms with Crippen molar-refractivity contribution in [2.45, 2.75) is 24.9 Å². The highest BCUT2D eigenvalue weighted by atomic mass is 16.5. The second kappa shape index (κ2) is 7.74. The summed E-state index contributed by atoms with van der Waals surface area (Å²) in [5.74, 6) is 0.277. The third kappa shape index (κ3) is 3.44. The van der Waals surface area contributed by atoms with Crippen molar-refractivity contribution < 1.29 is 9.53 Å². The van der Waals surface area contributed by atoms with Crippen molar-refractivity contribution >= 4 is 5.91 Å². The van der Waals surface area contributed by atoms with Gasteiger partial charge in [0, 0.05) is 25.1 Å². The molecule has 1 aromatic carbocycles. The van der Waals surface area contributed by atoms with Crippen LogP contribution in [0.3, 0.4) is 0 Å². The van der Waals surface area contributed by atoms with Crippen LogP contribution >= 0.6 is 0 Å². The highest BCUT2D eigenvalue weighted by Crippen LogP contribution is 2.39. The van der Waals surface area contributed by atoms with E-state index >= 15 is 0 Å². The van der Waals surface area contributed by atoms with Crippen molar-refractivity contribution in [1.29, 1.82) is 0 Å². The Kier molecular flexibility index (Phi) is 4.99. The van der Waals surface area contributed by atoms with Crippen LogP contribution in [0.15, 0.2) is 67.1 Å². The molecule has 1 saturated heterocycles. The second-order valence-corrected chi connectivity index (χ2v) is 6.75. The number of benzene rings is 1. The third-order valence-electron chi connectivity index (χ3n) is 5.03. The lowest BCUT2D eigenvalue weighted by Gasteiger charge is -2.35. The molecule has 7 nitrogen and oxygen atoms in total. The summed E-state index contributed by atoms with van der Waals surface area (Å²) in [5, 5.41) is 0. The van der Waals surface area contributed by atoms with Crippen LogP contribution in [-0.2, 0) is 16.9 Å². The van der Waals surface area contributed by atoms with Crippen LogP contribution in [-0.4, -0.2) is 32.3 Å². The maximum atomic E-state index is 12.5. The number of carbonyl (C=O) groups excluding carboxylic acids is 1. The Hall–Kier alpha value is -3.32. The molecule has 1 unspecified atom stereocenters. The Labute approximate surface area is 163 Å². The van der Waals surface area contributed by atoms with Gasteiger partial charge in [-0.05, 0) is 55.3 Å². The number of pyridine rings is 1. The zero-order valence-electron chi connectivity index (χ0n) is 15.4. The van der Waals surface area contributed by atoms with Crippen molar-refractivity contribution in [2.75, 3.05) is 6.54 Å². The summed E-state index contributed by atoms with van der Waals surface area (Å²) in [4.78, 5) is 27.2. The molecule has 2 N–H and O–H groups in total. The molecule has 0 radical (unpaired) electrons. The summed E-state index contributed by atoms with van der Waals surface area (Å²) in [5.41, 5.74) is 6.70. The molecule has 0 spiro atoms. The van der Waals surface area contributed by atoms with E-state index in [9.17, 15) is 4.79 Å². The van der Waals surface area contributed by atoms with E-state index in [0.29, 0.717) is 30.4 Å². The molecular formula is C21H21N5O2. The summed E-state index contributed by atoms with van der Waals surface area (Å²) < 4.78 is 5.72. The Morgan fingerprint density at radius 3 is 2.64 bits per heavy atom. The van der Waals surface area contributed by atoms with Gasteiger partial charge in [0.15, 0.2) is 0 Å². The van der Waals surface area contributed by atoms with E-state index in [1.165, 1.54) is 0 Å². The average molecular weight is 375 g/mol. The monoisotopic (exact) mass is 375 g/mol. The van der Waals surface area contributed by atoms with Gasteiger partial charge in [-0.25, -0.2) is 9.97 Å². The van der Waals surface area contributed by atoms with Gasteiger partial charge < -0.3 is 10.5 Å². The van der Waals surface area contributed by atoms with Gasteiger partial charge in [-0.15, -0.1) is 0 Å². The molecule has 1 amide bonds. The standard InChI is InChI=1S/C21H21N5O2/c22-19(27)21(18-8-1-2-10-23-18)9-4-13-26(21)15-16-6-3-7-17(14-16)28-20-24-11-5-12-25-20/h1-3,5-8,10-12,14H,4,9,13,15H2,(H2,22,27). The molecule has 3 heterocycles. The zero-order valence-corrected chi connectivity index (χ0v) is 15.4. The van der Waals surface area contributed by atoms with Gasteiger partial charge >= 0.3 is 6.01 Å². The first-order valence-electron chi connectivity index (χ1n) is 9.19. The summed E-state index contributed by atoms with van der Waals surface area (Å²) in [6.07, 6.45) is 6.50. The van der Waals surface area contributed by atoms with Gasteiger partial charge in [0.2, 0.25) is 5.91 Å². The molecule has 1 aliphatic heterocycles. The van der Waals surface area contributed by atoms with Crippen molar-refractivity contribution in [3.05, 3.63) is 78.4 Å². The highest BCUT2D eigenvalue weighted by molar-refractivity contribution is 5.86. The number of ether oxygens (including phenoxy) is 1. The van der Waals surface area contributed by atoms with E-state index < -0.39 is 5.54 Å². The van der Waals surface area contributed by atoms with Crippen LogP contribution < -0.4 is 10.5 Å². The van der Waals surface area contributed by atoms with Crippen LogP contribution in [0.25, 0.3) is 0 Å². The average Bonchev–Trinajstić information content (AvgIpc) is 3.14. The van der Waals surface area contributed by atoms with Gasteiger partial charge in [0.1, 0.15) is 11.3 Å². The molecule has 1 atom stereocenters. The molecule has 28 heavy (non-hydrogen) atoms. The Morgan fingerprint density at radius 1 is 1.07 bits per heavy atom. The normalized spacial score (nSPS) is 19.4. The largest absolute Gasteiger partial charge is 0.424 e. The van der Waals surface area contributed by atoms with Gasteiger partial charge in [0.25, 0.3) is 0 Å². The van der Waals surface area contributed by atoms with Crippen molar-refractivity contribution in [3.63, 3.8) is 0 Å². The second-order valence-electron chi connectivity index (χ2n) is 6.75. The lowest BCUT2D eigenvalue weighted by Crippen LogP contribution is -2.51. The summed E-state index contributed by atoms with van der Waals surface area (Å²) in [6.45, 7) is 1.33. The number of rotatable bonds is 6. The number of nitrogens with two attached hydrogens (primary N) is 1. The van der Waals surface area contributed by atoms with E-state index in [1.54, 1.807) is 24.7 Å². The van der Waals surface area contributed by atoms with Crippen LogP contribution in [0, 0.1) is 0 Å². The lowest BCUT2D eigenvalue weighted by molar-refractivity contribution is -0.129. The molecular weight excluding hydrogens is 354 g/mol. The predicted octanol–water partition coefficient (Wildman–Crippen LogP) is 2.64. The Balaban J connectivity index is 1.59. The number of aromatic nitrogens is 3. The molecule has 2 aromatic heterocycles. The van der Waals surface area contributed by atoms with E-state index in [0.717, 1.165) is 18.5 Å². The Morgan fingerprint density at radius 2 is 1.89 bits per heavy atom. The lowest BCUT2D eigenvalue weighted by atomic mass is 9.90. The highest BCUT2D eigenvalue weighted by Gasteiger charge is 2.48. The summed E-state index contributed by atoms with van der Waals surface area (Å²) >= 11 is 0. The topological polar surface area (TPSA) is 94.2 Å². The molecule has 7 heteroatoms. The van der Waals surface area contributed by atoms with Crippen LogP contribution in [0.1, 0.15) is 24.1 Å². The number of likely N-dealkylation sites (tertiary alicyclic amines) is 1. The third-order valence-corrected chi connectivity index (χ3v) is 5.03. The van der Waals surface area contributed by atoms with E-state index in [1.807, 2.05) is 42.5 Å². The SMILES string of the molecule is NC(=O)C1(c2ccccn2)CCCN1Cc1cccc(Oc2ncccn2)c1. The van der Waals surface area contributed by atoms with E-state index in [2.05, 4.69) is 19.9 Å². The molecule has 0 saturated carbocycles. The number of hydrogen-bond donors (Lipinski definition) is 1. The maximum Gasteiger partial charge on any atom is 0.321 e. The number of primary amides is 1. The number of nitrogens with zero attached hydrogens (tertiary/aromatic N) is 4. The molecule has 0 aliphatic carbocycles. The molecule has 142 valence electrons. The first kappa shape index (κ1) is 18.1. The fourth-order valence-electron chi connectivity index (χ4n) is 3.76. The zero-order chi connectivity index (χ0) is 19.4. The number of hydrogen-bond acceptors (Lipinski definition) is 6. The Bertz CT molecular complexity index is 951. The number of carbonyl (C=O) groups is 1. The fraction of sp³-hybridized carbons (Fsp3) is 0.238. The van der Waals surface area contributed by atoms with Crippen molar-refractivity contribution in [2.24, 2.45) is 5.73 Å². The van der Waals surface area contributed by atoms with Crippen LogP contribution in [0.4, 0.5) is 0 Å². The fourth-order valence-corrected chi connectivity index (χ4v) is 3.76. The molecule has 0 bridgehead atoms. The van der Waals surface area contributed by atoms with Crippen molar-refractivity contribution in [1.82, 2.24) is 19.9 Å². The molecule has 3 aromatic rings. The first-order chi connectivity index (χ1) is 13.7. The smallest absolute Gasteiger partial charge is 0.321 e. The van der Waals surface area contributed by atoms with E-state index in [4.69, 9.17) is 10.5 Å². The minimum absolute atomic E-state index is 0.292. The molecule has 4 rings (SSSR count). The predicted molar refractivity (Wildman–Crippen MR) is 103 cm³/mol. The van der Waals surface area contributed by atoms with E-state index in [-0.39, 0.29) is 5.91 Å². The van der Waals surface area contributed by atoms with Crippen LogP contribution in [0.5, 0.6) is 11.8 Å². The summed E-state index contributed by atoms with van der Waals surface area (Å²) in [7, 11) is 0. The molecule has 1 aliphatic rings. The van der Waals surface area contributed by atoms with Gasteiger partial charge in [0.05, 0.1) is 5.69 Å². The van der Waals surface area contributed by atoms with Crippen molar-refractivity contribution in [3.8, 4) is 11.8 Å². The van der Waals surface area contributed by atoms with Gasteiger partial charge in [-0.3, -0.25) is 14.7 Å². The quantitative estimate of drug-likeness (QED) is 0.712. The van der Waals surface area contributed by atoms with Gasteiger partial charge in [-0.1, -0.05) is 18.2 Å². The summed E-state index contributed by atoms with van der Waals surface area (Å²) in [6, 6.07) is 15.3. The minimum atomic E-state index is -0.888. The van der Waals surface area contributed by atoms with Gasteiger partial charge in [-0.2, -0.15) is 0 Å². The first-order valence-corrected chi connectivity index (χ1v) is 9.19. The number of amides is 1. The minimum Gasteiger partial charge on any atom is -0.424 e. The molecule has 1 fully saturated rings. The maximum absolute atomic E-state index is 12.5.